The lowest BCUT2D eigenvalue weighted by Gasteiger charge is -2.27. The lowest BCUT2D eigenvalue weighted by atomic mass is 10.0. The van der Waals surface area contributed by atoms with E-state index in [0.717, 1.165) is 0 Å². The van der Waals surface area contributed by atoms with Crippen LogP contribution >= 0.6 is 0 Å². The first-order chi connectivity index (χ1) is 13.1. The lowest BCUT2D eigenvalue weighted by molar-refractivity contribution is -0.206. The smallest absolute Gasteiger partial charge is 0.178 e. The first kappa shape index (κ1) is 20.3. The molecule has 7 nitrogen and oxygen atoms in total. The van der Waals surface area contributed by atoms with E-state index in [1.54, 1.807) is 30.3 Å². The highest BCUT2D eigenvalue weighted by Gasteiger charge is 2.58. The van der Waals surface area contributed by atoms with Crippen molar-refractivity contribution in [1.29, 1.82) is 0 Å². The average Bonchev–Trinajstić information content (AvgIpc) is 3.24. The molecule has 0 bridgehead atoms. The summed E-state index contributed by atoms with van der Waals surface area (Å²) in [5, 5.41) is 0. The van der Waals surface area contributed by atoms with Gasteiger partial charge >= 0.3 is 0 Å². The fourth-order valence-electron chi connectivity index (χ4n) is 4.14. The molecular weight excluding hydrogens is 384 g/mol. The van der Waals surface area contributed by atoms with E-state index in [4.69, 9.17) is 23.7 Å². The number of rotatable bonds is 5. The van der Waals surface area contributed by atoms with Gasteiger partial charge < -0.3 is 23.7 Å². The lowest BCUT2D eigenvalue weighted by Crippen LogP contribution is -2.40. The van der Waals surface area contributed by atoms with Crippen LogP contribution in [0.15, 0.2) is 35.2 Å². The molecule has 3 aliphatic rings. The second kappa shape index (κ2) is 7.04. The molecule has 0 spiro atoms. The Morgan fingerprint density at radius 2 is 1.61 bits per heavy atom. The Kier molecular flexibility index (Phi) is 5.09. The standard InChI is InChI=1S/C20H28O7S/c1-19(2)23-12-15(25-19)16-18-17(26-20(3,4)27-18)14(24-16)10-11-28(21,22)13-8-6-5-7-9-13/h5-9,14-18H,10-12H2,1-4H3/t14-,15-,16-,17-,18+/m1/s1. The fourth-order valence-corrected chi connectivity index (χ4v) is 5.49. The van der Waals surface area contributed by atoms with Crippen molar-refractivity contribution in [2.75, 3.05) is 12.4 Å². The largest absolute Gasteiger partial charge is 0.367 e. The Labute approximate surface area is 166 Å². The zero-order valence-corrected chi connectivity index (χ0v) is 17.5. The van der Waals surface area contributed by atoms with Crippen LogP contribution in [0.25, 0.3) is 0 Å². The predicted octanol–water partition coefficient (Wildman–Crippen LogP) is 2.29. The van der Waals surface area contributed by atoms with Gasteiger partial charge in [0.2, 0.25) is 0 Å². The monoisotopic (exact) mass is 412 g/mol. The molecule has 156 valence electrons. The average molecular weight is 413 g/mol. The molecule has 0 saturated carbocycles. The van der Waals surface area contributed by atoms with Gasteiger partial charge in [-0.3, -0.25) is 0 Å². The molecule has 0 aliphatic carbocycles. The summed E-state index contributed by atoms with van der Waals surface area (Å²) >= 11 is 0. The van der Waals surface area contributed by atoms with Crippen molar-refractivity contribution in [2.24, 2.45) is 0 Å². The summed E-state index contributed by atoms with van der Waals surface area (Å²) in [5.41, 5.74) is 0. The van der Waals surface area contributed by atoms with Gasteiger partial charge in [0.1, 0.15) is 24.4 Å². The molecule has 0 radical (unpaired) electrons. The van der Waals surface area contributed by atoms with Crippen molar-refractivity contribution in [3.63, 3.8) is 0 Å². The van der Waals surface area contributed by atoms with E-state index < -0.39 is 21.4 Å². The fraction of sp³-hybridized carbons (Fsp3) is 0.700. The molecule has 3 saturated heterocycles. The van der Waals surface area contributed by atoms with Crippen LogP contribution in [0.4, 0.5) is 0 Å². The summed E-state index contributed by atoms with van der Waals surface area (Å²) in [5.74, 6) is -1.44. The first-order valence-corrected chi connectivity index (χ1v) is 11.3. The molecule has 3 aliphatic heterocycles. The maximum Gasteiger partial charge on any atom is 0.178 e. The van der Waals surface area contributed by atoms with Crippen LogP contribution in [0, 0.1) is 0 Å². The summed E-state index contributed by atoms with van der Waals surface area (Å²) in [6, 6.07) is 8.47. The second-order valence-corrected chi connectivity index (χ2v) is 10.6. The third-order valence-corrected chi connectivity index (χ3v) is 7.12. The molecule has 0 unspecified atom stereocenters. The predicted molar refractivity (Wildman–Crippen MR) is 101 cm³/mol. The van der Waals surface area contributed by atoms with Crippen LogP contribution in [-0.4, -0.2) is 62.9 Å². The Morgan fingerprint density at radius 1 is 0.929 bits per heavy atom. The molecule has 1 aromatic rings. The SMILES string of the molecule is CC1(C)O[C@@H]2[C@H](O1)[C@@H](CCS(=O)(=O)c1ccccc1)O[C@@H]2[C@H]1COC(C)(C)O1. The van der Waals surface area contributed by atoms with Gasteiger partial charge in [0.25, 0.3) is 0 Å². The molecule has 5 atom stereocenters. The van der Waals surface area contributed by atoms with Gasteiger partial charge in [0.15, 0.2) is 21.4 Å². The molecule has 3 fully saturated rings. The van der Waals surface area contributed by atoms with Crippen molar-refractivity contribution < 1.29 is 32.1 Å². The number of benzene rings is 1. The number of sulfone groups is 1. The minimum absolute atomic E-state index is 0.0189. The minimum atomic E-state index is -3.39. The van der Waals surface area contributed by atoms with Crippen LogP contribution in [-0.2, 0) is 33.5 Å². The van der Waals surface area contributed by atoms with E-state index in [0.29, 0.717) is 17.9 Å². The number of hydrogen-bond acceptors (Lipinski definition) is 7. The Balaban J connectivity index is 1.48. The molecule has 0 N–H and O–H groups in total. The third kappa shape index (κ3) is 3.99. The highest BCUT2D eigenvalue weighted by Crippen LogP contribution is 2.43. The normalized spacial score (nSPS) is 36.5. The van der Waals surface area contributed by atoms with Gasteiger partial charge in [-0.25, -0.2) is 8.42 Å². The highest BCUT2D eigenvalue weighted by molar-refractivity contribution is 7.91. The van der Waals surface area contributed by atoms with Gasteiger partial charge in [-0.15, -0.1) is 0 Å². The van der Waals surface area contributed by atoms with Crippen LogP contribution in [0.2, 0.25) is 0 Å². The zero-order valence-electron chi connectivity index (χ0n) is 16.7. The van der Waals surface area contributed by atoms with E-state index in [2.05, 4.69) is 0 Å². The van der Waals surface area contributed by atoms with E-state index >= 15 is 0 Å². The minimum Gasteiger partial charge on any atom is -0.367 e. The molecule has 0 aromatic heterocycles. The highest BCUT2D eigenvalue weighted by atomic mass is 32.2. The molecule has 8 heteroatoms. The van der Waals surface area contributed by atoms with E-state index in [9.17, 15) is 8.42 Å². The third-order valence-electron chi connectivity index (χ3n) is 5.36. The van der Waals surface area contributed by atoms with Crippen molar-refractivity contribution >= 4 is 9.84 Å². The first-order valence-electron chi connectivity index (χ1n) is 9.67. The van der Waals surface area contributed by atoms with Gasteiger partial charge in [-0.05, 0) is 46.2 Å². The summed E-state index contributed by atoms with van der Waals surface area (Å²) < 4.78 is 55.3. The quantitative estimate of drug-likeness (QED) is 0.734. The van der Waals surface area contributed by atoms with Gasteiger partial charge in [-0.2, -0.15) is 0 Å². The topological polar surface area (TPSA) is 80.3 Å². The maximum atomic E-state index is 12.7. The van der Waals surface area contributed by atoms with Crippen molar-refractivity contribution in [2.45, 2.75) is 81.1 Å². The van der Waals surface area contributed by atoms with Gasteiger partial charge in [0, 0.05) is 0 Å². The molecule has 4 rings (SSSR count). The zero-order chi connectivity index (χ0) is 20.2. The van der Waals surface area contributed by atoms with E-state index in [-0.39, 0.29) is 36.3 Å². The van der Waals surface area contributed by atoms with Gasteiger partial charge in [-0.1, -0.05) is 18.2 Å². The number of ether oxygens (including phenoxy) is 5. The van der Waals surface area contributed by atoms with Crippen molar-refractivity contribution in [3.8, 4) is 0 Å². The summed E-state index contributed by atoms with van der Waals surface area (Å²) in [6.45, 7) is 7.84. The van der Waals surface area contributed by atoms with Crippen molar-refractivity contribution in [3.05, 3.63) is 30.3 Å². The van der Waals surface area contributed by atoms with E-state index in [1.807, 2.05) is 27.7 Å². The van der Waals surface area contributed by atoms with Crippen LogP contribution in [0.1, 0.15) is 34.1 Å². The van der Waals surface area contributed by atoms with Gasteiger partial charge in [0.05, 0.1) is 23.4 Å². The molecule has 1 aromatic carbocycles. The molecule has 3 heterocycles. The Hall–Kier alpha value is -1.03. The van der Waals surface area contributed by atoms with Crippen LogP contribution < -0.4 is 0 Å². The van der Waals surface area contributed by atoms with Crippen molar-refractivity contribution in [1.82, 2.24) is 0 Å². The summed E-state index contributed by atoms with van der Waals surface area (Å²) in [6.07, 6.45) is -1.36. The number of fused-ring (bicyclic) bond motifs is 1. The molecule has 28 heavy (non-hydrogen) atoms. The molecule has 0 amide bonds. The summed E-state index contributed by atoms with van der Waals surface area (Å²) in [4.78, 5) is 0.319. The number of hydrogen-bond donors (Lipinski definition) is 0. The Morgan fingerprint density at radius 3 is 2.25 bits per heavy atom. The molecular formula is C20H28O7S. The Bertz CT molecular complexity index is 805. The van der Waals surface area contributed by atoms with E-state index in [1.165, 1.54) is 0 Å². The second-order valence-electron chi connectivity index (χ2n) is 8.49. The maximum absolute atomic E-state index is 12.7. The van der Waals surface area contributed by atoms with Crippen LogP contribution in [0.5, 0.6) is 0 Å². The van der Waals surface area contributed by atoms with Crippen LogP contribution in [0.3, 0.4) is 0 Å². The summed E-state index contributed by atoms with van der Waals surface area (Å²) in [7, 11) is -3.39.